The number of hydrogen-bond donors (Lipinski definition) is 2. The molecule has 168 valence electrons. The number of fused-ring (bicyclic) bond motifs is 2. The van der Waals surface area contributed by atoms with E-state index in [0.29, 0.717) is 29.2 Å². The van der Waals surface area contributed by atoms with Gasteiger partial charge >= 0.3 is 0 Å². The summed E-state index contributed by atoms with van der Waals surface area (Å²) in [5.74, 6) is 0.615. The van der Waals surface area contributed by atoms with Gasteiger partial charge in [0.1, 0.15) is 5.75 Å². The summed E-state index contributed by atoms with van der Waals surface area (Å²) in [6, 6.07) is 27.0. The summed E-state index contributed by atoms with van der Waals surface area (Å²) in [4.78, 5) is 4.90. The third-order valence-corrected chi connectivity index (χ3v) is 6.58. The quantitative estimate of drug-likeness (QED) is 0.615. The zero-order valence-electron chi connectivity index (χ0n) is 18.8. The van der Waals surface area contributed by atoms with Crippen LogP contribution >= 0.6 is 0 Å². The average molecular weight is 440 g/mol. The van der Waals surface area contributed by atoms with Crippen LogP contribution in [0.5, 0.6) is 5.75 Å². The van der Waals surface area contributed by atoms with Crippen LogP contribution in [-0.2, 0) is 0 Å². The van der Waals surface area contributed by atoms with Crippen LogP contribution < -0.4 is 15.5 Å². The molecule has 1 aromatic heterocycles. The van der Waals surface area contributed by atoms with Crippen molar-refractivity contribution in [2.24, 2.45) is 0 Å². The molecule has 3 heterocycles. The van der Waals surface area contributed by atoms with E-state index in [2.05, 4.69) is 75.5 Å². The first kappa shape index (κ1) is 21.1. The molecule has 0 amide bonds. The molecule has 2 aromatic carbocycles. The molecule has 2 aliphatic heterocycles. The van der Waals surface area contributed by atoms with Crippen LogP contribution in [0.2, 0.25) is 0 Å². The Morgan fingerprint density at radius 1 is 0.848 bits per heavy atom. The fourth-order valence-corrected chi connectivity index (χ4v) is 4.99. The molecule has 33 heavy (non-hydrogen) atoms. The second-order valence-corrected chi connectivity index (χ2v) is 8.82. The molecule has 5 rings (SSSR count). The van der Waals surface area contributed by atoms with Gasteiger partial charge in [-0.15, -0.1) is 10.2 Å². The van der Waals surface area contributed by atoms with Crippen molar-refractivity contribution >= 4 is 17.2 Å². The molecule has 2 atom stereocenters. The highest BCUT2D eigenvalue weighted by Gasteiger charge is 2.40. The summed E-state index contributed by atoms with van der Waals surface area (Å²) in [6.45, 7) is 3.84. The molecule has 2 unspecified atom stereocenters. The van der Waals surface area contributed by atoms with Gasteiger partial charge < -0.3 is 20.6 Å². The number of rotatable bonds is 3. The number of nitrogens with two attached hydrogens (primary N) is 1. The van der Waals surface area contributed by atoms with Crippen molar-refractivity contribution in [1.29, 1.82) is 0 Å². The number of aryl methyl sites for hydroxylation is 1. The molecule has 6 nitrogen and oxygen atoms in total. The lowest BCUT2D eigenvalue weighted by Gasteiger charge is -2.43. The summed E-state index contributed by atoms with van der Waals surface area (Å²) >= 11 is 0. The van der Waals surface area contributed by atoms with E-state index in [0.717, 1.165) is 31.6 Å². The lowest BCUT2D eigenvalue weighted by molar-refractivity contribution is 0.477. The number of anilines is 3. The standard InChI is InChI=1S/C27H29N5O/c1-19-8-2-4-10-20(11-5-3-9-19)32-21-14-15-22(32)18-31(17-21)25-16-24(29-30-27(25)28)23-12-6-7-13-26(23)33/h2-13,16,21-22,33H,14-15,17-18H2,1H3,(H2,28,30). The van der Waals surface area contributed by atoms with Gasteiger partial charge in [-0.05, 0) is 50.1 Å². The Bertz CT molecular complexity index is 1170. The highest BCUT2D eigenvalue weighted by atomic mass is 16.3. The van der Waals surface area contributed by atoms with E-state index in [9.17, 15) is 5.11 Å². The highest BCUT2D eigenvalue weighted by molar-refractivity contribution is 5.74. The van der Waals surface area contributed by atoms with E-state index in [1.165, 1.54) is 11.3 Å². The zero-order valence-corrected chi connectivity index (χ0v) is 18.8. The molecule has 2 saturated heterocycles. The number of phenols is 1. The second-order valence-electron chi connectivity index (χ2n) is 8.82. The van der Waals surface area contributed by atoms with Crippen LogP contribution in [0.4, 0.5) is 17.2 Å². The number of piperazine rings is 1. The van der Waals surface area contributed by atoms with Gasteiger partial charge in [-0.25, -0.2) is 0 Å². The van der Waals surface area contributed by atoms with Crippen molar-refractivity contribution in [1.82, 2.24) is 10.2 Å². The maximum Gasteiger partial charge on any atom is 0.169 e. The molecule has 3 aromatic rings. The number of benzene rings is 1. The summed E-state index contributed by atoms with van der Waals surface area (Å²) in [5.41, 5.74) is 10.9. The predicted octanol–water partition coefficient (Wildman–Crippen LogP) is 4.72. The Balaban J connectivity index is 1.44. The third-order valence-electron chi connectivity index (χ3n) is 6.58. The Kier molecular flexibility index (Phi) is 5.73. The predicted molar refractivity (Wildman–Crippen MR) is 134 cm³/mol. The van der Waals surface area contributed by atoms with Gasteiger partial charge in [0.15, 0.2) is 5.82 Å². The van der Waals surface area contributed by atoms with E-state index in [1.54, 1.807) is 12.1 Å². The lowest BCUT2D eigenvalue weighted by atomic mass is 10.1. The third kappa shape index (κ3) is 4.29. The van der Waals surface area contributed by atoms with E-state index in [1.807, 2.05) is 18.2 Å². The molecular formula is C27H29N5O. The Hall–Kier alpha value is -3.80. The van der Waals surface area contributed by atoms with E-state index < -0.39 is 0 Å². The van der Waals surface area contributed by atoms with Crippen molar-refractivity contribution in [3.05, 3.63) is 84.4 Å². The zero-order chi connectivity index (χ0) is 22.8. The van der Waals surface area contributed by atoms with Crippen molar-refractivity contribution in [3.8, 4) is 17.0 Å². The van der Waals surface area contributed by atoms with E-state index in [4.69, 9.17) is 5.73 Å². The Labute approximate surface area is 194 Å². The summed E-state index contributed by atoms with van der Waals surface area (Å²) < 4.78 is 0. The van der Waals surface area contributed by atoms with Crippen LogP contribution in [0.1, 0.15) is 18.4 Å². The van der Waals surface area contributed by atoms with Crippen LogP contribution in [0, 0.1) is 6.92 Å². The maximum absolute atomic E-state index is 10.3. The first-order valence-electron chi connectivity index (χ1n) is 11.4. The largest absolute Gasteiger partial charge is 0.507 e. The van der Waals surface area contributed by atoms with Gasteiger partial charge in [0.25, 0.3) is 0 Å². The number of nitrogen functional groups attached to an aromatic ring is 1. The maximum atomic E-state index is 10.3. The molecule has 2 fully saturated rings. The first-order valence-corrected chi connectivity index (χ1v) is 11.4. The number of para-hydroxylation sites is 1. The van der Waals surface area contributed by atoms with Crippen molar-refractivity contribution in [2.75, 3.05) is 28.6 Å². The molecule has 3 N–H and O–H groups in total. The number of nitrogens with zero attached hydrogens (tertiary/aromatic N) is 4. The fourth-order valence-electron chi connectivity index (χ4n) is 4.99. The van der Waals surface area contributed by atoms with Crippen LogP contribution in [0.15, 0.2) is 78.9 Å². The van der Waals surface area contributed by atoms with Crippen molar-refractivity contribution in [2.45, 2.75) is 31.8 Å². The Morgan fingerprint density at radius 2 is 1.45 bits per heavy atom. The monoisotopic (exact) mass is 439 g/mol. The fraction of sp³-hybridized carbons (Fsp3) is 0.259. The number of hydrogen-bond acceptors (Lipinski definition) is 6. The molecule has 2 aliphatic rings. The van der Waals surface area contributed by atoms with Crippen LogP contribution in [0.3, 0.4) is 0 Å². The SMILES string of the molecule is Cc1ccccc(N2C3CCC2CN(c2cc(-c4ccccc4O)nnc2N)C3)cccc1. The van der Waals surface area contributed by atoms with E-state index in [-0.39, 0.29) is 5.75 Å². The summed E-state index contributed by atoms with van der Waals surface area (Å²) in [7, 11) is 0. The minimum atomic E-state index is 0.189. The normalized spacial score (nSPS) is 19.3. The van der Waals surface area contributed by atoms with Gasteiger partial charge in [0, 0.05) is 36.4 Å². The first-order chi connectivity index (χ1) is 16.1. The lowest BCUT2D eigenvalue weighted by Crippen LogP contribution is -2.54. The summed E-state index contributed by atoms with van der Waals surface area (Å²) in [5, 5.41) is 18.7. The van der Waals surface area contributed by atoms with Crippen LogP contribution in [-0.4, -0.2) is 40.5 Å². The van der Waals surface area contributed by atoms with Gasteiger partial charge in [0.2, 0.25) is 0 Å². The molecular weight excluding hydrogens is 410 g/mol. The van der Waals surface area contributed by atoms with Crippen LogP contribution in [0.25, 0.3) is 11.3 Å². The minimum absolute atomic E-state index is 0.189. The number of aromatic hydroxyl groups is 1. The number of aromatic nitrogens is 2. The average Bonchev–Trinajstić information content (AvgIpc) is 3.08. The van der Waals surface area contributed by atoms with Gasteiger partial charge in [-0.3, -0.25) is 0 Å². The van der Waals surface area contributed by atoms with Crippen molar-refractivity contribution in [3.63, 3.8) is 0 Å². The van der Waals surface area contributed by atoms with Gasteiger partial charge in [0.05, 0.1) is 11.4 Å². The molecule has 2 bridgehead atoms. The topological polar surface area (TPSA) is 78.5 Å². The molecule has 0 radical (unpaired) electrons. The van der Waals surface area contributed by atoms with Gasteiger partial charge in [-0.2, -0.15) is 0 Å². The van der Waals surface area contributed by atoms with Gasteiger partial charge in [-0.1, -0.05) is 54.1 Å². The smallest absolute Gasteiger partial charge is 0.169 e. The minimum Gasteiger partial charge on any atom is -0.507 e. The Morgan fingerprint density at radius 3 is 2.12 bits per heavy atom. The molecule has 0 spiro atoms. The van der Waals surface area contributed by atoms with E-state index >= 15 is 0 Å². The highest BCUT2D eigenvalue weighted by Crippen LogP contribution is 2.38. The number of phenolic OH excluding ortho intramolecular Hbond substituents is 1. The van der Waals surface area contributed by atoms with Crippen molar-refractivity contribution < 1.29 is 5.11 Å². The molecule has 0 saturated carbocycles. The molecule has 0 aliphatic carbocycles. The summed E-state index contributed by atoms with van der Waals surface area (Å²) in [6.07, 6.45) is 2.30. The second kappa shape index (κ2) is 8.98. The molecule has 6 heteroatoms.